The van der Waals surface area contributed by atoms with Gasteiger partial charge in [-0.15, -0.1) is 0 Å². The summed E-state index contributed by atoms with van der Waals surface area (Å²) in [4.78, 5) is 0. The average Bonchev–Trinajstić information content (AvgIpc) is 3.08. The van der Waals surface area contributed by atoms with Crippen molar-refractivity contribution < 1.29 is 5.11 Å². The van der Waals surface area contributed by atoms with E-state index in [1.54, 1.807) is 18.2 Å². The molecule has 3 aromatic carbocycles. The Kier molecular flexibility index (Phi) is 4.88. The van der Waals surface area contributed by atoms with Gasteiger partial charge in [-0.1, -0.05) is 71.7 Å². The molecule has 0 unspecified atom stereocenters. The molecular weight excluding hydrogens is 379 g/mol. The summed E-state index contributed by atoms with van der Waals surface area (Å²) in [7, 11) is 0. The molecule has 0 aliphatic rings. The minimum Gasteiger partial charge on any atom is -0.507 e. The zero-order valence-corrected chi connectivity index (χ0v) is 15.8. The first-order chi connectivity index (χ1) is 13.1. The van der Waals surface area contributed by atoms with E-state index in [0.717, 1.165) is 28.1 Å². The Bertz CT molecular complexity index is 1090. The molecule has 4 aromatic rings. The van der Waals surface area contributed by atoms with Crippen LogP contribution in [-0.2, 0) is 6.42 Å². The van der Waals surface area contributed by atoms with E-state index < -0.39 is 0 Å². The van der Waals surface area contributed by atoms with Crippen LogP contribution in [0.3, 0.4) is 0 Å². The molecule has 27 heavy (non-hydrogen) atoms. The lowest BCUT2D eigenvalue weighted by Gasteiger charge is -2.10. The Balaban J connectivity index is 1.88. The minimum atomic E-state index is 0.198. The molecule has 2 N–H and O–H groups in total. The molecule has 134 valence electrons. The van der Waals surface area contributed by atoms with E-state index in [0.29, 0.717) is 22.0 Å². The molecule has 3 nitrogen and oxygen atoms in total. The highest BCUT2D eigenvalue weighted by Gasteiger charge is 2.19. The summed E-state index contributed by atoms with van der Waals surface area (Å²) in [6.07, 6.45) is 0.556. The topological polar surface area (TPSA) is 48.9 Å². The second-order valence-corrected chi connectivity index (χ2v) is 7.07. The van der Waals surface area contributed by atoms with Gasteiger partial charge >= 0.3 is 0 Å². The monoisotopic (exact) mass is 394 g/mol. The van der Waals surface area contributed by atoms with Crippen LogP contribution in [0.25, 0.3) is 22.5 Å². The predicted octanol–water partition coefficient (Wildman–Crippen LogP) is 6.35. The molecule has 1 aromatic heterocycles. The number of H-pyrrole nitrogens is 1. The molecule has 0 bridgehead atoms. The number of aromatic amines is 1. The van der Waals surface area contributed by atoms with Gasteiger partial charge < -0.3 is 5.11 Å². The molecular formula is C22H16Cl2N2O. The summed E-state index contributed by atoms with van der Waals surface area (Å²) in [5.41, 5.74) is 5.21. The number of halogens is 2. The van der Waals surface area contributed by atoms with E-state index in [1.807, 2.05) is 54.6 Å². The van der Waals surface area contributed by atoms with Gasteiger partial charge in [0, 0.05) is 33.2 Å². The van der Waals surface area contributed by atoms with Gasteiger partial charge in [0.1, 0.15) is 5.75 Å². The first-order valence-electron chi connectivity index (χ1n) is 8.48. The molecule has 0 spiro atoms. The first-order valence-corrected chi connectivity index (χ1v) is 9.24. The second kappa shape index (κ2) is 7.47. The molecule has 5 heteroatoms. The van der Waals surface area contributed by atoms with Gasteiger partial charge in [-0.2, -0.15) is 5.10 Å². The summed E-state index contributed by atoms with van der Waals surface area (Å²) in [5.74, 6) is 0.198. The number of rotatable bonds is 4. The number of hydrogen-bond acceptors (Lipinski definition) is 2. The summed E-state index contributed by atoms with van der Waals surface area (Å²) < 4.78 is 0. The summed E-state index contributed by atoms with van der Waals surface area (Å²) in [5, 5.41) is 19.2. The van der Waals surface area contributed by atoms with Crippen molar-refractivity contribution in [3.05, 3.63) is 94.0 Å². The highest BCUT2D eigenvalue weighted by Crippen LogP contribution is 2.37. The van der Waals surface area contributed by atoms with Crippen LogP contribution < -0.4 is 0 Å². The van der Waals surface area contributed by atoms with Crippen molar-refractivity contribution >= 4 is 23.2 Å². The van der Waals surface area contributed by atoms with Crippen molar-refractivity contribution in [1.29, 1.82) is 0 Å². The van der Waals surface area contributed by atoms with Crippen molar-refractivity contribution in [2.24, 2.45) is 0 Å². The highest BCUT2D eigenvalue weighted by molar-refractivity contribution is 6.35. The van der Waals surface area contributed by atoms with Gasteiger partial charge in [-0.3, -0.25) is 5.10 Å². The molecule has 0 saturated heterocycles. The molecule has 0 amide bonds. The molecule has 0 fully saturated rings. The Labute approximate surface area is 167 Å². The normalized spacial score (nSPS) is 10.9. The quantitative estimate of drug-likeness (QED) is 0.423. The van der Waals surface area contributed by atoms with Crippen LogP contribution in [0.1, 0.15) is 11.1 Å². The van der Waals surface area contributed by atoms with Crippen molar-refractivity contribution in [2.45, 2.75) is 6.42 Å². The summed E-state index contributed by atoms with van der Waals surface area (Å²) in [6.45, 7) is 0. The molecule has 1 heterocycles. The van der Waals surface area contributed by atoms with Gasteiger partial charge in [-0.25, -0.2) is 0 Å². The van der Waals surface area contributed by atoms with E-state index in [1.165, 1.54) is 0 Å². The van der Waals surface area contributed by atoms with E-state index in [2.05, 4.69) is 10.2 Å². The number of aromatic nitrogens is 2. The van der Waals surface area contributed by atoms with Crippen LogP contribution in [0, 0.1) is 0 Å². The van der Waals surface area contributed by atoms with E-state index in [9.17, 15) is 5.11 Å². The SMILES string of the molecule is Oc1ccccc1-c1[nH]nc(-c2ccccc2)c1Cc1ccc(Cl)cc1Cl. The zero-order chi connectivity index (χ0) is 18.8. The Morgan fingerprint density at radius 3 is 2.37 bits per heavy atom. The number of hydrogen-bond donors (Lipinski definition) is 2. The fourth-order valence-corrected chi connectivity index (χ4v) is 3.61. The number of nitrogens with zero attached hydrogens (tertiary/aromatic N) is 1. The van der Waals surface area contributed by atoms with Crippen LogP contribution in [0.5, 0.6) is 5.75 Å². The molecule has 0 radical (unpaired) electrons. The number of nitrogens with one attached hydrogen (secondary N) is 1. The Morgan fingerprint density at radius 2 is 1.63 bits per heavy atom. The minimum absolute atomic E-state index is 0.198. The lowest BCUT2D eigenvalue weighted by atomic mass is 9.96. The van der Waals surface area contributed by atoms with Gasteiger partial charge in [0.2, 0.25) is 0 Å². The third-order valence-electron chi connectivity index (χ3n) is 4.47. The number of phenols is 1. The average molecular weight is 395 g/mol. The first kappa shape index (κ1) is 17.7. The predicted molar refractivity (Wildman–Crippen MR) is 110 cm³/mol. The number of benzene rings is 3. The Hall–Kier alpha value is -2.75. The number of phenolic OH excluding ortho intramolecular Hbond substituents is 1. The fourth-order valence-electron chi connectivity index (χ4n) is 3.14. The lowest BCUT2D eigenvalue weighted by Crippen LogP contribution is -1.94. The Morgan fingerprint density at radius 1 is 0.889 bits per heavy atom. The largest absolute Gasteiger partial charge is 0.507 e. The van der Waals surface area contributed by atoms with Crippen LogP contribution in [0.2, 0.25) is 10.0 Å². The second-order valence-electron chi connectivity index (χ2n) is 6.22. The van der Waals surface area contributed by atoms with Crippen molar-refractivity contribution in [3.8, 4) is 28.3 Å². The number of aromatic hydroxyl groups is 1. The zero-order valence-electron chi connectivity index (χ0n) is 14.3. The lowest BCUT2D eigenvalue weighted by molar-refractivity contribution is 0.477. The fraction of sp³-hybridized carbons (Fsp3) is 0.0455. The van der Waals surface area contributed by atoms with Crippen LogP contribution >= 0.6 is 23.2 Å². The molecule has 4 rings (SSSR count). The standard InChI is InChI=1S/C22H16Cl2N2O/c23-16-11-10-15(19(24)13-16)12-18-21(14-6-2-1-3-7-14)25-26-22(18)17-8-4-5-9-20(17)27/h1-11,13,27H,12H2,(H,25,26). The van der Waals surface area contributed by atoms with E-state index >= 15 is 0 Å². The van der Waals surface area contributed by atoms with Crippen molar-refractivity contribution in [3.63, 3.8) is 0 Å². The third-order valence-corrected chi connectivity index (χ3v) is 5.06. The molecule has 0 saturated carbocycles. The summed E-state index contributed by atoms with van der Waals surface area (Å²) in [6, 6.07) is 22.6. The van der Waals surface area contributed by atoms with Crippen LogP contribution in [-0.4, -0.2) is 15.3 Å². The van der Waals surface area contributed by atoms with Gasteiger partial charge in [0.25, 0.3) is 0 Å². The maximum atomic E-state index is 10.3. The van der Waals surface area contributed by atoms with E-state index in [-0.39, 0.29) is 5.75 Å². The number of para-hydroxylation sites is 1. The highest BCUT2D eigenvalue weighted by atomic mass is 35.5. The maximum absolute atomic E-state index is 10.3. The van der Waals surface area contributed by atoms with Crippen molar-refractivity contribution in [1.82, 2.24) is 10.2 Å². The molecule has 0 aliphatic heterocycles. The third kappa shape index (κ3) is 3.57. The van der Waals surface area contributed by atoms with Gasteiger partial charge in [0.05, 0.1) is 11.4 Å². The van der Waals surface area contributed by atoms with Crippen molar-refractivity contribution in [2.75, 3.05) is 0 Å². The van der Waals surface area contributed by atoms with E-state index in [4.69, 9.17) is 23.2 Å². The molecule has 0 atom stereocenters. The summed E-state index contributed by atoms with van der Waals surface area (Å²) >= 11 is 12.4. The van der Waals surface area contributed by atoms with Crippen LogP contribution in [0.4, 0.5) is 0 Å². The van der Waals surface area contributed by atoms with Crippen LogP contribution in [0.15, 0.2) is 72.8 Å². The van der Waals surface area contributed by atoms with Gasteiger partial charge in [0.15, 0.2) is 0 Å². The maximum Gasteiger partial charge on any atom is 0.124 e. The van der Waals surface area contributed by atoms with Gasteiger partial charge in [-0.05, 0) is 29.8 Å². The smallest absolute Gasteiger partial charge is 0.124 e. The molecule has 0 aliphatic carbocycles.